The number of hydrogen-bond acceptors (Lipinski definition) is 2. The fraction of sp³-hybridized carbons (Fsp3) is 0. The summed E-state index contributed by atoms with van der Waals surface area (Å²) in [5.74, 6) is 0. The van der Waals surface area contributed by atoms with Crippen molar-refractivity contribution in [3.63, 3.8) is 0 Å². The maximum absolute atomic E-state index is 4.00. The van der Waals surface area contributed by atoms with Gasteiger partial charge in [-0.3, -0.25) is 0 Å². The van der Waals surface area contributed by atoms with Gasteiger partial charge in [-0.15, -0.1) is 0 Å². The second kappa shape index (κ2) is 10.6. The molecule has 174 valence electrons. The molecule has 5 rings (SSSR count). The van der Waals surface area contributed by atoms with E-state index in [4.69, 9.17) is 0 Å². The molecule has 0 heterocycles. The van der Waals surface area contributed by atoms with Gasteiger partial charge in [0.2, 0.25) is 0 Å². The van der Waals surface area contributed by atoms with Crippen LogP contribution in [0.25, 0.3) is 34.4 Å². The molecule has 2 N–H and O–H groups in total. The van der Waals surface area contributed by atoms with Crippen LogP contribution in [0.1, 0.15) is 11.1 Å². The van der Waals surface area contributed by atoms with Gasteiger partial charge in [0.05, 0.1) is 0 Å². The van der Waals surface area contributed by atoms with Crippen molar-refractivity contribution in [1.82, 2.24) is 0 Å². The molecule has 0 fully saturated rings. The first-order valence-electron chi connectivity index (χ1n) is 12.0. The molecule has 0 amide bonds. The summed E-state index contributed by atoms with van der Waals surface area (Å²) in [5.41, 5.74) is 10.7. The van der Waals surface area contributed by atoms with Crippen LogP contribution in [0.5, 0.6) is 0 Å². The molecule has 0 aliphatic rings. The predicted molar refractivity (Wildman–Crippen MR) is 157 cm³/mol. The Kier molecular flexibility index (Phi) is 6.77. The van der Waals surface area contributed by atoms with Crippen molar-refractivity contribution in [2.45, 2.75) is 0 Å². The van der Waals surface area contributed by atoms with Gasteiger partial charge in [-0.25, -0.2) is 0 Å². The number of nitrogens with one attached hydrogen (secondary N) is 2. The number of benzene rings is 5. The quantitative estimate of drug-likeness (QED) is 0.239. The molecule has 0 aliphatic carbocycles. The van der Waals surface area contributed by atoms with E-state index in [0.29, 0.717) is 0 Å². The van der Waals surface area contributed by atoms with Gasteiger partial charge in [-0.05, 0) is 46.5 Å². The minimum Gasteiger partial charge on any atom is -0.354 e. The summed E-state index contributed by atoms with van der Waals surface area (Å²) in [6.07, 6.45) is 3.75. The van der Waals surface area contributed by atoms with Gasteiger partial charge in [0.15, 0.2) is 0 Å². The Hall–Kier alpha value is -4.82. The minimum absolute atomic E-state index is 1.01. The molecule has 0 atom stereocenters. The summed E-state index contributed by atoms with van der Waals surface area (Å²) < 4.78 is 0. The van der Waals surface area contributed by atoms with Crippen LogP contribution in [0.2, 0.25) is 0 Å². The smallest absolute Gasteiger partial charge is 0.0485 e. The van der Waals surface area contributed by atoms with E-state index in [2.05, 4.69) is 109 Å². The highest BCUT2D eigenvalue weighted by Gasteiger charge is 2.15. The summed E-state index contributed by atoms with van der Waals surface area (Å²) in [7, 11) is 0. The highest BCUT2D eigenvalue weighted by molar-refractivity contribution is 5.94. The van der Waals surface area contributed by atoms with E-state index in [9.17, 15) is 0 Å². The van der Waals surface area contributed by atoms with Gasteiger partial charge in [-0.1, -0.05) is 122 Å². The van der Waals surface area contributed by atoms with Crippen molar-refractivity contribution < 1.29 is 0 Å². The zero-order chi connectivity index (χ0) is 24.7. The first-order chi connectivity index (χ1) is 17.8. The topological polar surface area (TPSA) is 24.1 Å². The number of para-hydroxylation sites is 2. The van der Waals surface area contributed by atoms with Gasteiger partial charge in [-0.2, -0.15) is 0 Å². The normalized spacial score (nSPS) is 10.4. The zero-order valence-electron chi connectivity index (χ0n) is 20.1. The lowest BCUT2D eigenvalue weighted by atomic mass is 9.95. The third-order valence-corrected chi connectivity index (χ3v) is 6.23. The molecule has 0 saturated carbocycles. The lowest BCUT2D eigenvalue weighted by Crippen LogP contribution is -2.01. The Balaban J connectivity index is 1.73. The van der Waals surface area contributed by atoms with Gasteiger partial charge in [0.1, 0.15) is 0 Å². The molecular weight excluding hydrogens is 436 g/mol. The van der Waals surface area contributed by atoms with E-state index in [-0.39, 0.29) is 0 Å². The molecule has 0 bridgehead atoms. The van der Waals surface area contributed by atoms with Crippen LogP contribution in [0.15, 0.2) is 134 Å². The van der Waals surface area contributed by atoms with Crippen molar-refractivity contribution >= 4 is 34.9 Å². The van der Waals surface area contributed by atoms with Crippen LogP contribution >= 0.6 is 0 Å². The molecule has 0 aromatic heterocycles. The predicted octanol–water partition coefficient (Wildman–Crippen LogP) is 9.79. The average Bonchev–Trinajstić information content (AvgIpc) is 2.95. The lowest BCUT2D eigenvalue weighted by molar-refractivity contribution is 1.48. The minimum atomic E-state index is 1.01. The van der Waals surface area contributed by atoms with Crippen LogP contribution in [0.3, 0.4) is 0 Å². The van der Waals surface area contributed by atoms with Crippen molar-refractivity contribution in [1.29, 1.82) is 0 Å². The third kappa shape index (κ3) is 4.84. The second-order valence-corrected chi connectivity index (χ2v) is 8.51. The molecule has 5 aromatic carbocycles. The van der Waals surface area contributed by atoms with Crippen LogP contribution in [0.4, 0.5) is 22.7 Å². The van der Waals surface area contributed by atoms with Gasteiger partial charge < -0.3 is 10.6 Å². The van der Waals surface area contributed by atoms with Gasteiger partial charge >= 0.3 is 0 Å². The molecule has 0 spiro atoms. The first kappa shape index (κ1) is 22.9. The fourth-order valence-electron chi connectivity index (χ4n) is 4.39. The lowest BCUT2D eigenvalue weighted by Gasteiger charge is -2.21. The number of rotatable bonds is 8. The SMILES string of the molecule is C=Cc1ccccc1Nc1cc(Nc2ccccc2C=C)c(-c2ccccc2)cc1-c1ccccc1. The second-order valence-electron chi connectivity index (χ2n) is 8.51. The third-order valence-electron chi connectivity index (χ3n) is 6.23. The summed E-state index contributed by atoms with van der Waals surface area (Å²) in [5, 5.41) is 7.39. The highest BCUT2D eigenvalue weighted by Crippen LogP contribution is 2.41. The Morgan fingerprint density at radius 1 is 0.417 bits per heavy atom. The van der Waals surface area contributed by atoms with E-state index in [1.165, 1.54) is 0 Å². The summed E-state index contributed by atoms with van der Waals surface area (Å²) in [6.45, 7) is 8.00. The maximum Gasteiger partial charge on any atom is 0.0485 e. The summed E-state index contributed by atoms with van der Waals surface area (Å²) >= 11 is 0. The van der Waals surface area contributed by atoms with Crippen LogP contribution < -0.4 is 10.6 Å². The van der Waals surface area contributed by atoms with Crippen molar-refractivity contribution in [3.8, 4) is 22.3 Å². The maximum atomic E-state index is 4.00. The summed E-state index contributed by atoms with van der Waals surface area (Å²) in [6, 6.07) is 41.9. The van der Waals surface area contributed by atoms with E-state index >= 15 is 0 Å². The van der Waals surface area contributed by atoms with Crippen LogP contribution in [-0.4, -0.2) is 0 Å². The zero-order valence-corrected chi connectivity index (χ0v) is 20.1. The number of anilines is 4. The average molecular weight is 465 g/mol. The molecule has 0 radical (unpaired) electrons. The molecule has 36 heavy (non-hydrogen) atoms. The Bertz CT molecular complexity index is 1390. The Labute approximate surface area is 213 Å². The van der Waals surface area contributed by atoms with Crippen molar-refractivity contribution in [2.24, 2.45) is 0 Å². The fourth-order valence-corrected chi connectivity index (χ4v) is 4.39. The monoisotopic (exact) mass is 464 g/mol. The molecule has 5 aromatic rings. The molecule has 2 nitrogen and oxygen atoms in total. The van der Waals surface area contributed by atoms with Crippen LogP contribution in [-0.2, 0) is 0 Å². The highest BCUT2D eigenvalue weighted by atomic mass is 14.9. The largest absolute Gasteiger partial charge is 0.354 e. The van der Waals surface area contributed by atoms with E-state index in [1.54, 1.807) is 0 Å². The van der Waals surface area contributed by atoms with Crippen molar-refractivity contribution in [3.05, 3.63) is 146 Å². The molecule has 0 aliphatic heterocycles. The first-order valence-corrected chi connectivity index (χ1v) is 12.0. The van der Waals surface area contributed by atoms with Crippen LogP contribution in [0, 0.1) is 0 Å². The van der Waals surface area contributed by atoms with Gasteiger partial charge in [0, 0.05) is 33.9 Å². The van der Waals surface area contributed by atoms with E-state index < -0.39 is 0 Å². The standard InChI is InChI=1S/C34H28N2/c1-3-25-15-11-13-21-31(25)35-33-24-34(36-32-22-14-12-16-26(32)4-2)30(28-19-9-6-10-20-28)23-29(33)27-17-7-5-8-18-27/h3-24,35-36H,1-2H2. The van der Waals surface area contributed by atoms with E-state index in [0.717, 1.165) is 56.1 Å². The summed E-state index contributed by atoms with van der Waals surface area (Å²) in [4.78, 5) is 0. The Morgan fingerprint density at radius 3 is 1.22 bits per heavy atom. The van der Waals surface area contributed by atoms with Gasteiger partial charge in [0.25, 0.3) is 0 Å². The van der Waals surface area contributed by atoms with Crippen molar-refractivity contribution in [2.75, 3.05) is 10.6 Å². The molecule has 2 heteroatoms. The molecular formula is C34H28N2. The molecule has 0 saturated heterocycles. The Morgan fingerprint density at radius 2 is 0.806 bits per heavy atom. The van der Waals surface area contributed by atoms with E-state index in [1.807, 2.05) is 48.6 Å². The number of hydrogen-bond donors (Lipinski definition) is 2. The molecule has 0 unspecified atom stereocenters.